The summed E-state index contributed by atoms with van der Waals surface area (Å²) in [5.41, 5.74) is 8.66. The van der Waals surface area contributed by atoms with Gasteiger partial charge in [0.15, 0.2) is 5.65 Å². The van der Waals surface area contributed by atoms with Crippen molar-refractivity contribution in [2.45, 2.75) is 23.8 Å². The summed E-state index contributed by atoms with van der Waals surface area (Å²) in [4.78, 5) is 4.87. The second kappa shape index (κ2) is 8.94. The Kier molecular flexibility index (Phi) is 5.97. The number of nitrogen functional groups attached to an aromatic ring is 1. The summed E-state index contributed by atoms with van der Waals surface area (Å²) in [6, 6.07) is 15.8. The van der Waals surface area contributed by atoms with Crippen molar-refractivity contribution >= 4 is 52.1 Å². The average Bonchev–Trinajstić information content (AvgIpc) is 3.21. The van der Waals surface area contributed by atoms with Crippen molar-refractivity contribution in [1.82, 2.24) is 18.9 Å². The molecule has 5 rings (SSSR count). The molecule has 1 aliphatic rings. The molecule has 11 heteroatoms. The van der Waals surface area contributed by atoms with Gasteiger partial charge in [-0.15, -0.1) is 0 Å². The summed E-state index contributed by atoms with van der Waals surface area (Å²) in [5, 5.41) is 8.45. The molecule has 2 radical (unpaired) electrons. The Balaban J connectivity index is 1.38. The van der Waals surface area contributed by atoms with E-state index >= 15 is 0 Å². The zero-order valence-corrected chi connectivity index (χ0v) is 19.8. The highest BCUT2D eigenvalue weighted by molar-refractivity contribution is 7.89. The Labute approximate surface area is 204 Å². The summed E-state index contributed by atoms with van der Waals surface area (Å²) in [5.74, 6) is 0.716. The predicted molar refractivity (Wildman–Crippen MR) is 135 cm³/mol. The number of aromatic nitrogens is 3. The number of sulfonamides is 1. The van der Waals surface area contributed by atoms with E-state index in [1.807, 2.05) is 30.3 Å². The lowest BCUT2D eigenvalue weighted by Gasteiger charge is -2.32. The maximum Gasteiger partial charge on any atom is 0.243 e. The highest BCUT2D eigenvalue weighted by Gasteiger charge is 2.30. The number of nitrogens with zero attached hydrogens (tertiary/aromatic N) is 4. The molecular formula is C23H22BClN6O2S. The Hall–Kier alpha value is -3.08. The molecule has 0 spiro atoms. The number of rotatable bonds is 5. The number of fused-ring (bicyclic) bond motifs is 1. The van der Waals surface area contributed by atoms with Gasteiger partial charge in [-0.3, -0.25) is 0 Å². The molecule has 34 heavy (non-hydrogen) atoms. The fraction of sp³-hybridized carbons (Fsp3) is 0.217. The molecule has 172 valence electrons. The van der Waals surface area contributed by atoms with E-state index in [2.05, 4.69) is 15.4 Å². The number of halogens is 1. The molecule has 0 aliphatic carbocycles. The number of hydrogen-bond acceptors (Lipinski definition) is 6. The third-order valence-corrected chi connectivity index (χ3v) is 8.17. The van der Waals surface area contributed by atoms with E-state index in [1.165, 1.54) is 10.4 Å². The van der Waals surface area contributed by atoms with E-state index in [9.17, 15) is 8.42 Å². The zero-order chi connectivity index (χ0) is 23.9. The van der Waals surface area contributed by atoms with Gasteiger partial charge in [0, 0.05) is 47.7 Å². The smallest absolute Gasteiger partial charge is 0.243 e. The van der Waals surface area contributed by atoms with Gasteiger partial charge < -0.3 is 11.1 Å². The third kappa shape index (κ3) is 4.24. The molecule has 2 aromatic carbocycles. The van der Waals surface area contributed by atoms with Gasteiger partial charge in [-0.1, -0.05) is 35.9 Å². The van der Waals surface area contributed by atoms with Gasteiger partial charge >= 0.3 is 0 Å². The predicted octanol–water partition coefficient (Wildman–Crippen LogP) is 2.69. The van der Waals surface area contributed by atoms with E-state index in [0.29, 0.717) is 59.3 Å². The van der Waals surface area contributed by atoms with Crippen molar-refractivity contribution in [1.29, 1.82) is 0 Å². The van der Waals surface area contributed by atoms with E-state index in [4.69, 9.17) is 25.2 Å². The lowest BCUT2D eigenvalue weighted by Crippen LogP contribution is -2.42. The molecule has 3 heterocycles. The van der Waals surface area contributed by atoms with E-state index in [-0.39, 0.29) is 10.9 Å². The van der Waals surface area contributed by atoms with Crippen LogP contribution in [-0.4, -0.2) is 54.3 Å². The van der Waals surface area contributed by atoms with Crippen molar-refractivity contribution in [2.24, 2.45) is 0 Å². The molecule has 0 amide bonds. The average molecular weight is 493 g/mol. The topological polar surface area (TPSA) is 106 Å². The summed E-state index contributed by atoms with van der Waals surface area (Å²) in [6.07, 6.45) is 2.82. The van der Waals surface area contributed by atoms with Gasteiger partial charge in [0.1, 0.15) is 13.7 Å². The number of hydrogen-bond donors (Lipinski definition) is 2. The molecule has 1 saturated heterocycles. The number of nitrogens with one attached hydrogen (secondary N) is 1. The monoisotopic (exact) mass is 492 g/mol. The van der Waals surface area contributed by atoms with Gasteiger partial charge in [-0.05, 0) is 42.6 Å². The molecule has 4 aromatic rings. The van der Waals surface area contributed by atoms with Crippen LogP contribution in [0.15, 0.2) is 65.7 Å². The van der Waals surface area contributed by atoms with Crippen LogP contribution in [0, 0.1) is 0 Å². The first-order valence-electron chi connectivity index (χ1n) is 10.8. The number of piperidine rings is 1. The minimum atomic E-state index is -3.59. The van der Waals surface area contributed by atoms with E-state index < -0.39 is 10.0 Å². The van der Waals surface area contributed by atoms with Crippen molar-refractivity contribution in [2.75, 3.05) is 24.1 Å². The second-order valence-electron chi connectivity index (χ2n) is 8.24. The third-order valence-electron chi connectivity index (χ3n) is 5.95. The molecular weight excluding hydrogens is 471 g/mol. The fourth-order valence-corrected chi connectivity index (χ4v) is 5.92. The zero-order valence-electron chi connectivity index (χ0n) is 18.2. The molecule has 3 N–H and O–H groups in total. The van der Waals surface area contributed by atoms with Crippen LogP contribution in [-0.2, 0) is 10.0 Å². The van der Waals surface area contributed by atoms with Crippen LogP contribution in [0.4, 0.5) is 11.5 Å². The number of nitrogens with two attached hydrogens (primary N) is 1. The highest BCUT2D eigenvalue weighted by Crippen LogP contribution is 2.29. The van der Waals surface area contributed by atoms with Gasteiger partial charge in [-0.25, -0.2) is 13.4 Å². The SMILES string of the molecule is [B]c1cnn2c(NC3CCN(S(=O)(=O)c4cccc(N)c4)CC3)cc(-c3ccccc3Cl)nc12. The van der Waals surface area contributed by atoms with Gasteiger partial charge in [-0.2, -0.15) is 13.9 Å². The quantitative estimate of drug-likeness (QED) is 0.328. The van der Waals surface area contributed by atoms with Gasteiger partial charge in [0.2, 0.25) is 10.0 Å². The fourth-order valence-electron chi connectivity index (χ4n) is 4.16. The van der Waals surface area contributed by atoms with Crippen LogP contribution in [0.25, 0.3) is 16.9 Å². The number of anilines is 2. The summed E-state index contributed by atoms with van der Waals surface area (Å²) >= 11 is 6.40. The molecule has 0 atom stereocenters. The first-order valence-corrected chi connectivity index (χ1v) is 12.7. The first-order chi connectivity index (χ1) is 16.3. The summed E-state index contributed by atoms with van der Waals surface area (Å²) in [7, 11) is 2.51. The molecule has 1 fully saturated rings. The Bertz CT molecular complexity index is 1470. The van der Waals surface area contributed by atoms with E-state index in [1.54, 1.807) is 28.9 Å². The highest BCUT2D eigenvalue weighted by atomic mass is 35.5. The van der Waals surface area contributed by atoms with Crippen LogP contribution in [0.5, 0.6) is 0 Å². The van der Waals surface area contributed by atoms with Crippen LogP contribution in [0.1, 0.15) is 12.8 Å². The van der Waals surface area contributed by atoms with Crippen molar-refractivity contribution in [3.63, 3.8) is 0 Å². The van der Waals surface area contributed by atoms with Gasteiger partial charge in [0.25, 0.3) is 0 Å². The minimum absolute atomic E-state index is 0.0439. The van der Waals surface area contributed by atoms with Crippen molar-refractivity contribution in [3.05, 3.63) is 65.8 Å². The lowest BCUT2D eigenvalue weighted by atomic mass is 10.0. The van der Waals surface area contributed by atoms with Crippen LogP contribution >= 0.6 is 11.6 Å². The van der Waals surface area contributed by atoms with Gasteiger partial charge in [0.05, 0.1) is 10.6 Å². The number of benzene rings is 2. The van der Waals surface area contributed by atoms with Crippen molar-refractivity contribution in [3.8, 4) is 11.3 Å². The Morgan fingerprint density at radius 3 is 2.59 bits per heavy atom. The van der Waals surface area contributed by atoms with Crippen LogP contribution in [0.3, 0.4) is 0 Å². The van der Waals surface area contributed by atoms with Crippen LogP contribution in [0.2, 0.25) is 5.02 Å². The molecule has 0 bridgehead atoms. The standard InChI is InChI=1S/C23H22BClN6O2S/c24-19-14-27-31-22(13-21(29-23(19)31)18-6-1-2-7-20(18)25)28-16-8-10-30(11-9-16)34(32,33)17-5-3-4-15(26)12-17/h1-7,12-14,16,28H,8-11,26H2. The summed E-state index contributed by atoms with van der Waals surface area (Å²) < 4.78 is 29.2. The van der Waals surface area contributed by atoms with Crippen molar-refractivity contribution < 1.29 is 8.42 Å². The Morgan fingerprint density at radius 2 is 1.85 bits per heavy atom. The normalized spacial score (nSPS) is 15.6. The molecule has 0 saturated carbocycles. The molecule has 0 unspecified atom stereocenters. The maximum absolute atomic E-state index is 13.0. The largest absolute Gasteiger partial charge is 0.399 e. The first kappa shape index (κ1) is 22.7. The second-order valence-corrected chi connectivity index (χ2v) is 10.6. The summed E-state index contributed by atoms with van der Waals surface area (Å²) in [6.45, 7) is 0.781. The van der Waals surface area contributed by atoms with E-state index in [0.717, 1.165) is 5.56 Å². The lowest BCUT2D eigenvalue weighted by molar-refractivity contribution is 0.329. The Morgan fingerprint density at radius 1 is 1.09 bits per heavy atom. The molecule has 2 aromatic heterocycles. The molecule has 1 aliphatic heterocycles. The maximum atomic E-state index is 13.0. The van der Waals surface area contributed by atoms with Crippen LogP contribution < -0.4 is 16.5 Å². The molecule has 8 nitrogen and oxygen atoms in total. The minimum Gasteiger partial charge on any atom is -0.399 e.